The molecule has 9 heteroatoms. The third kappa shape index (κ3) is 7.07. The molecule has 0 saturated heterocycles. The standard InChI is InChI=1S/C11H10N2O6S/c14-12(15)18-8-11(19-13(16)17)9-20-7-6-10-4-2-1-3-5-10/h1-5,11H,8-9H2. The van der Waals surface area contributed by atoms with E-state index in [4.69, 9.17) is 0 Å². The molecule has 0 heterocycles. The van der Waals surface area contributed by atoms with Gasteiger partial charge >= 0.3 is 0 Å². The molecule has 1 aromatic carbocycles. The Kier molecular flexibility index (Phi) is 6.70. The molecule has 0 aliphatic rings. The summed E-state index contributed by atoms with van der Waals surface area (Å²) in [5.41, 5.74) is 0.799. The van der Waals surface area contributed by atoms with Gasteiger partial charge in [0.15, 0.2) is 0 Å². The van der Waals surface area contributed by atoms with Gasteiger partial charge < -0.3 is 9.68 Å². The fourth-order valence-corrected chi connectivity index (χ4v) is 1.74. The van der Waals surface area contributed by atoms with Crippen molar-refractivity contribution in [2.24, 2.45) is 0 Å². The van der Waals surface area contributed by atoms with Gasteiger partial charge in [-0.25, -0.2) is 0 Å². The lowest BCUT2D eigenvalue weighted by Gasteiger charge is -2.10. The molecule has 0 spiro atoms. The van der Waals surface area contributed by atoms with Crippen LogP contribution in [0.4, 0.5) is 0 Å². The van der Waals surface area contributed by atoms with Crippen molar-refractivity contribution < 1.29 is 19.8 Å². The van der Waals surface area contributed by atoms with Gasteiger partial charge in [-0.15, -0.1) is 20.2 Å². The molecule has 0 N–H and O–H groups in total. The zero-order valence-corrected chi connectivity index (χ0v) is 10.9. The number of rotatable bonds is 7. The third-order valence-electron chi connectivity index (χ3n) is 1.91. The Morgan fingerprint density at radius 3 is 2.50 bits per heavy atom. The van der Waals surface area contributed by atoms with Crippen LogP contribution in [-0.2, 0) is 9.68 Å². The van der Waals surface area contributed by atoms with Crippen molar-refractivity contribution in [3.8, 4) is 11.2 Å². The van der Waals surface area contributed by atoms with Crippen molar-refractivity contribution in [3.63, 3.8) is 0 Å². The van der Waals surface area contributed by atoms with E-state index in [1.54, 1.807) is 0 Å². The number of nitrogens with zero attached hydrogens (tertiary/aromatic N) is 2. The minimum Gasteiger partial charge on any atom is -0.312 e. The molecule has 0 saturated carbocycles. The van der Waals surface area contributed by atoms with Crippen molar-refractivity contribution in [3.05, 3.63) is 56.1 Å². The van der Waals surface area contributed by atoms with Crippen LogP contribution in [0.1, 0.15) is 5.56 Å². The Morgan fingerprint density at radius 2 is 1.90 bits per heavy atom. The largest absolute Gasteiger partial charge is 0.312 e. The highest BCUT2D eigenvalue weighted by Gasteiger charge is 2.15. The zero-order chi connectivity index (χ0) is 14.8. The Labute approximate surface area is 118 Å². The van der Waals surface area contributed by atoms with E-state index in [0.29, 0.717) is 0 Å². The molecule has 8 nitrogen and oxygen atoms in total. The normalized spacial score (nSPS) is 10.8. The van der Waals surface area contributed by atoms with Crippen molar-refractivity contribution in [1.82, 2.24) is 0 Å². The fourth-order valence-electron chi connectivity index (χ4n) is 1.13. The maximum atomic E-state index is 10.2. The second kappa shape index (κ2) is 8.60. The number of benzene rings is 1. The Morgan fingerprint density at radius 1 is 1.20 bits per heavy atom. The second-order valence-electron chi connectivity index (χ2n) is 3.37. The number of hydrogen-bond acceptors (Lipinski definition) is 7. The summed E-state index contributed by atoms with van der Waals surface area (Å²) < 4.78 is 0. The fraction of sp³-hybridized carbons (Fsp3) is 0.273. The lowest BCUT2D eigenvalue weighted by Crippen LogP contribution is -2.26. The van der Waals surface area contributed by atoms with Crippen LogP contribution in [0, 0.1) is 31.4 Å². The summed E-state index contributed by atoms with van der Waals surface area (Å²) in [5, 5.41) is 20.9. The molecule has 1 aromatic rings. The minimum absolute atomic E-state index is 0.0780. The van der Waals surface area contributed by atoms with Crippen molar-refractivity contribution in [2.45, 2.75) is 6.10 Å². The Balaban J connectivity index is 2.43. The number of hydrogen-bond donors (Lipinski definition) is 0. The predicted molar refractivity (Wildman–Crippen MR) is 70.6 cm³/mol. The lowest BCUT2D eigenvalue weighted by atomic mass is 10.2. The average molecular weight is 298 g/mol. The first kappa shape index (κ1) is 15.6. The number of thioether (sulfide) groups is 1. The van der Waals surface area contributed by atoms with Gasteiger partial charge in [-0.05, 0) is 17.4 Å². The molecule has 20 heavy (non-hydrogen) atoms. The van der Waals surface area contributed by atoms with Crippen LogP contribution in [0.5, 0.6) is 0 Å². The molecule has 0 aliphatic carbocycles. The zero-order valence-electron chi connectivity index (χ0n) is 10.1. The minimum atomic E-state index is -1.05. The van der Waals surface area contributed by atoms with Crippen LogP contribution in [0.25, 0.3) is 0 Å². The summed E-state index contributed by atoms with van der Waals surface area (Å²) in [5.74, 6) is 2.91. The van der Waals surface area contributed by atoms with Crippen LogP contribution in [0.2, 0.25) is 0 Å². The van der Waals surface area contributed by atoms with Crippen LogP contribution >= 0.6 is 11.8 Å². The molecule has 106 valence electrons. The average Bonchev–Trinajstić information content (AvgIpc) is 2.41. The van der Waals surface area contributed by atoms with Crippen molar-refractivity contribution >= 4 is 11.8 Å². The van der Waals surface area contributed by atoms with E-state index in [2.05, 4.69) is 20.8 Å². The van der Waals surface area contributed by atoms with E-state index in [-0.39, 0.29) is 5.75 Å². The van der Waals surface area contributed by atoms with E-state index >= 15 is 0 Å². The van der Waals surface area contributed by atoms with Gasteiger partial charge in [-0.2, -0.15) is 0 Å². The molecule has 1 unspecified atom stereocenters. The van der Waals surface area contributed by atoms with E-state index in [1.165, 1.54) is 0 Å². The Bertz CT molecular complexity index is 513. The van der Waals surface area contributed by atoms with E-state index in [1.807, 2.05) is 30.3 Å². The molecule has 0 amide bonds. The van der Waals surface area contributed by atoms with Crippen molar-refractivity contribution in [2.75, 3.05) is 12.4 Å². The van der Waals surface area contributed by atoms with Crippen LogP contribution in [-0.4, -0.2) is 28.6 Å². The van der Waals surface area contributed by atoms with Crippen LogP contribution in [0.3, 0.4) is 0 Å². The van der Waals surface area contributed by atoms with Gasteiger partial charge in [0, 0.05) is 11.3 Å². The summed E-state index contributed by atoms with van der Waals surface area (Å²) >= 11 is 1.06. The maximum absolute atomic E-state index is 10.2. The predicted octanol–water partition coefficient (Wildman–Crippen LogP) is 1.51. The first-order chi connectivity index (χ1) is 9.58. The highest BCUT2D eigenvalue weighted by Crippen LogP contribution is 2.06. The Hall–Kier alpha value is -2.47. The summed E-state index contributed by atoms with van der Waals surface area (Å²) in [6.07, 6.45) is -1.05. The summed E-state index contributed by atoms with van der Waals surface area (Å²) in [7, 11) is 0. The molecule has 0 aliphatic heterocycles. The highest BCUT2D eigenvalue weighted by atomic mass is 32.2. The van der Waals surface area contributed by atoms with Gasteiger partial charge in [-0.3, -0.25) is 0 Å². The van der Waals surface area contributed by atoms with E-state index < -0.39 is 22.9 Å². The SMILES string of the molecule is O=[N+]([O-])OCC(CSC#Cc1ccccc1)O[N+](=O)[O-]. The van der Waals surface area contributed by atoms with Gasteiger partial charge in [0.2, 0.25) is 0 Å². The molecule has 0 aromatic heterocycles. The third-order valence-corrected chi connectivity index (χ3v) is 2.70. The topological polar surface area (TPSA) is 105 Å². The first-order valence-corrected chi connectivity index (χ1v) is 6.33. The van der Waals surface area contributed by atoms with Crippen molar-refractivity contribution in [1.29, 1.82) is 0 Å². The smallest absolute Gasteiger partial charge is 0.294 e. The van der Waals surface area contributed by atoms with Crippen LogP contribution < -0.4 is 0 Å². The summed E-state index contributed by atoms with van der Waals surface area (Å²) in [4.78, 5) is 28.6. The van der Waals surface area contributed by atoms with Gasteiger partial charge in [0.05, 0.1) is 0 Å². The molecule has 1 rings (SSSR count). The maximum Gasteiger partial charge on any atom is 0.294 e. The molecule has 0 radical (unpaired) electrons. The summed E-state index contributed by atoms with van der Waals surface area (Å²) in [6.45, 7) is -0.520. The van der Waals surface area contributed by atoms with Crippen LogP contribution in [0.15, 0.2) is 30.3 Å². The second-order valence-corrected chi connectivity index (χ2v) is 4.20. The lowest BCUT2D eigenvalue weighted by molar-refractivity contribution is -0.788. The summed E-state index contributed by atoms with van der Waals surface area (Å²) in [6, 6.07) is 9.15. The quantitative estimate of drug-likeness (QED) is 0.427. The van der Waals surface area contributed by atoms with Gasteiger partial charge in [0.25, 0.3) is 10.2 Å². The van der Waals surface area contributed by atoms with Gasteiger partial charge in [0.1, 0.15) is 12.7 Å². The monoisotopic (exact) mass is 298 g/mol. The molecular formula is C11H10N2O6S. The molecule has 0 fully saturated rings. The highest BCUT2D eigenvalue weighted by molar-refractivity contribution is 8.03. The molecule has 0 bridgehead atoms. The first-order valence-electron chi connectivity index (χ1n) is 5.34. The van der Waals surface area contributed by atoms with E-state index in [9.17, 15) is 20.2 Å². The van der Waals surface area contributed by atoms with E-state index in [0.717, 1.165) is 17.3 Å². The molecular weight excluding hydrogens is 288 g/mol. The van der Waals surface area contributed by atoms with Gasteiger partial charge in [-0.1, -0.05) is 35.9 Å². The molecule has 1 atom stereocenters.